The summed E-state index contributed by atoms with van der Waals surface area (Å²) in [5.74, 6) is 0.456. The SMILES string of the molecule is COC(=O)[C@H](C)NC(=O)N1CCCN(c2nc3cc(Br)ccc3n3cccc23)CC1. The van der Waals surface area contributed by atoms with Crippen LogP contribution < -0.4 is 10.2 Å². The summed E-state index contributed by atoms with van der Waals surface area (Å²) < 4.78 is 7.82. The highest BCUT2D eigenvalue weighted by Gasteiger charge is 2.24. The molecule has 0 saturated carbocycles. The molecule has 0 spiro atoms. The number of methoxy groups -OCH3 is 1. The van der Waals surface area contributed by atoms with E-state index in [4.69, 9.17) is 4.98 Å². The van der Waals surface area contributed by atoms with Crippen LogP contribution >= 0.6 is 15.9 Å². The summed E-state index contributed by atoms with van der Waals surface area (Å²) in [7, 11) is 1.31. The number of ether oxygens (including phenoxy) is 1. The lowest BCUT2D eigenvalue weighted by Crippen LogP contribution is -2.48. The van der Waals surface area contributed by atoms with Gasteiger partial charge in [0, 0.05) is 36.8 Å². The first-order chi connectivity index (χ1) is 14.5. The van der Waals surface area contributed by atoms with Crippen molar-refractivity contribution < 1.29 is 14.3 Å². The molecule has 0 aliphatic carbocycles. The summed E-state index contributed by atoms with van der Waals surface area (Å²) in [5, 5.41) is 2.71. The van der Waals surface area contributed by atoms with E-state index in [1.807, 2.05) is 24.4 Å². The van der Waals surface area contributed by atoms with Gasteiger partial charge in [0.05, 0.1) is 23.7 Å². The first-order valence-electron chi connectivity index (χ1n) is 9.92. The minimum atomic E-state index is -0.678. The molecule has 1 aliphatic heterocycles. The summed E-state index contributed by atoms with van der Waals surface area (Å²) in [5.41, 5.74) is 3.01. The molecular formula is C21H24BrN5O3. The zero-order chi connectivity index (χ0) is 21.3. The molecule has 1 N–H and O–H groups in total. The van der Waals surface area contributed by atoms with Crippen molar-refractivity contribution in [2.45, 2.75) is 19.4 Å². The number of urea groups is 1. The third-order valence-corrected chi connectivity index (χ3v) is 5.87. The van der Waals surface area contributed by atoms with E-state index >= 15 is 0 Å². The van der Waals surface area contributed by atoms with Gasteiger partial charge in [0.2, 0.25) is 0 Å². The van der Waals surface area contributed by atoms with Crippen molar-refractivity contribution in [3.05, 3.63) is 41.0 Å². The van der Waals surface area contributed by atoms with Crippen LogP contribution in [0.25, 0.3) is 16.6 Å². The first-order valence-corrected chi connectivity index (χ1v) is 10.7. The second kappa shape index (κ2) is 8.51. The number of anilines is 1. The zero-order valence-electron chi connectivity index (χ0n) is 17.0. The number of amides is 2. The summed E-state index contributed by atoms with van der Waals surface area (Å²) in [6, 6.07) is 9.25. The Balaban J connectivity index is 1.56. The molecule has 1 fully saturated rings. The minimum absolute atomic E-state index is 0.252. The lowest BCUT2D eigenvalue weighted by Gasteiger charge is -2.25. The number of rotatable bonds is 3. The normalized spacial score (nSPS) is 15.8. The molecule has 2 aromatic heterocycles. The van der Waals surface area contributed by atoms with Crippen molar-refractivity contribution in [3.63, 3.8) is 0 Å². The molecule has 30 heavy (non-hydrogen) atoms. The molecule has 0 radical (unpaired) electrons. The number of nitrogens with one attached hydrogen (secondary N) is 1. The highest BCUT2D eigenvalue weighted by Crippen LogP contribution is 2.27. The van der Waals surface area contributed by atoms with E-state index in [2.05, 4.69) is 47.4 Å². The van der Waals surface area contributed by atoms with Crippen LogP contribution in [0.2, 0.25) is 0 Å². The molecule has 158 valence electrons. The van der Waals surface area contributed by atoms with E-state index in [0.29, 0.717) is 19.6 Å². The Morgan fingerprint density at radius 2 is 2.00 bits per heavy atom. The van der Waals surface area contributed by atoms with Gasteiger partial charge in [-0.3, -0.25) is 0 Å². The molecule has 3 aromatic rings. The van der Waals surface area contributed by atoms with Crippen molar-refractivity contribution in [1.82, 2.24) is 19.6 Å². The Labute approximate surface area is 182 Å². The zero-order valence-corrected chi connectivity index (χ0v) is 18.6. The van der Waals surface area contributed by atoms with Crippen molar-refractivity contribution >= 4 is 50.3 Å². The summed E-state index contributed by atoms with van der Waals surface area (Å²) in [4.78, 5) is 33.1. The van der Waals surface area contributed by atoms with Crippen LogP contribution in [0.15, 0.2) is 41.0 Å². The number of carbonyl (C=O) groups is 2. The molecule has 8 nitrogen and oxygen atoms in total. The Hall–Kier alpha value is -2.81. The summed E-state index contributed by atoms with van der Waals surface area (Å²) in [6.45, 7) is 4.24. The van der Waals surface area contributed by atoms with Gasteiger partial charge >= 0.3 is 12.0 Å². The van der Waals surface area contributed by atoms with Crippen LogP contribution in [0.4, 0.5) is 10.6 Å². The monoisotopic (exact) mass is 473 g/mol. The van der Waals surface area contributed by atoms with Crippen LogP contribution in [0.1, 0.15) is 13.3 Å². The fraction of sp³-hybridized carbons (Fsp3) is 0.381. The number of benzene rings is 1. The molecule has 0 bridgehead atoms. The molecule has 2 amide bonds. The highest BCUT2D eigenvalue weighted by molar-refractivity contribution is 9.10. The summed E-state index contributed by atoms with van der Waals surface area (Å²) >= 11 is 3.53. The van der Waals surface area contributed by atoms with Crippen molar-refractivity contribution in [3.8, 4) is 0 Å². The molecule has 0 unspecified atom stereocenters. The highest BCUT2D eigenvalue weighted by atomic mass is 79.9. The maximum Gasteiger partial charge on any atom is 0.328 e. The molecule has 1 saturated heterocycles. The third kappa shape index (κ3) is 3.94. The van der Waals surface area contributed by atoms with E-state index in [-0.39, 0.29) is 6.03 Å². The molecular weight excluding hydrogens is 450 g/mol. The largest absolute Gasteiger partial charge is 0.467 e. The van der Waals surface area contributed by atoms with Crippen LogP contribution in [0.3, 0.4) is 0 Å². The molecule has 1 aliphatic rings. The number of aromatic nitrogens is 2. The van der Waals surface area contributed by atoms with E-state index in [9.17, 15) is 9.59 Å². The maximum absolute atomic E-state index is 12.6. The van der Waals surface area contributed by atoms with Gasteiger partial charge in [-0.05, 0) is 43.7 Å². The lowest BCUT2D eigenvalue weighted by atomic mass is 10.3. The smallest absolute Gasteiger partial charge is 0.328 e. The van der Waals surface area contributed by atoms with Crippen LogP contribution in [0, 0.1) is 0 Å². The van der Waals surface area contributed by atoms with Gasteiger partial charge in [0.25, 0.3) is 0 Å². The number of hydrogen-bond acceptors (Lipinski definition) is 5. The van der Waals surface area contributed by atoms with Crippen LogP contribution in [0.5, 0.6) is 0 Å². The van der Waals surface area contributed by atoms with Gasteiger partial charge in [-0.2, -0.15) is 0 Å². The Morgan fingerprint density at radius 3 is 2.80 bits per heavy atom. The lowest BCUT2D eigenvalue weighted by molar-refractivity contribution is -0.142. The predicted molar refractivity (Wildman–Crippen MR) is 119 cm³/mol. The maximum atomic E-state index is 12.6. The molecule has 1 atom stereocenters. The van der Waals surface area contributed by atoms with Crippen molar-refractivity contribution in [2.24, 2.45) is 0 Å². The topological polar surface area (TPSA) is 79.2 Å². The number of halogens is 1. The van der Waals surface area contributed by atoms with Gasteiger partial charge in [-0.15, -0.1) is 0 Å². The second-order valence-electron chi connectivity index (χ2n) is 7.35. The van der Waals surface area contributed by atoms with Gasteiger partial charge < -0.3 is 24.3 Å². The molecule has 1 aromatic carbocycles. The number of esters is 1. The van der Waals surface area contributed by atoms with E-state index in [0.717, 1.165) is 39.8 Å². The third-order valence-electron chi connectivity index (χ3n) is 5.38. The summed E-state index contributed by atoms with van der Waals surface area (Å²) in [6.07, 6.45) is 2.85. The van der Waals surface area contributed by atoms with Gasteiger partial charge in [0.15, 0.2) is 5.82 Å². The Morgan fingerprint density at radius 1 is 1.17 bits per heavy atom. The standard InChI is InChI=1S/C21H24BrN5O3/c1-14(20(28)30-2)23-21(29)26-9-4-8-25(11-12-26)19-18-5-3-10-27(18)17-7-6-15(22)13-16(17)24-19/h3,5-7,10,13-14H,4,8-9,11-12H2,1-2H3,(H,23,29)/t14-/m0/s1. The first kappa shape index (κ1) is 20.5. The number of carbonyl (C=O) groups excluding carboxylic acids is 2. The quantitative estimate of drug-likeness (QED) is 0.591. The van der Waals surface area contributed by atoms with Gasteiger partial charge in [-0.1, -0.05) is 15.9 Å². The molecule has 3 heterocycles. The average molecular weight is 474 g/mol. The van der Waals surface area contributed by atoms with Crippen molar-refractivity contribution in [1.29, 1.82) is 0 Å². The van der Waals surface area contributed by atoms with Crippen LogP contribution in [-0.4, -0.2) is 65.6 Å². The number of hydrogen-bond donors (Lipinski definition) is 1. The van der Waals surface area contributed by atoms with Crippen LogP contribution in [-0.2, 0) is 9.53 Å². The van der Waals surface area contributed by atoms with E-state index in [1.165, 1.54) is 7.11 Å². The van der Waals surface area contributed by atoms with Crippen molar-refractivity contribution in [2.75, 3.05) is 38.2 Å². The second-order valence-corrected chi connectivity index (χ2v) is 8.27. The average Bonchev–Trinajstić information content (AvgIpc) is 3.10. The molecule has 4 rings (SSSR count). The van der Waals surface area contributed by atoms with Gasteiger partial charge in [-0.25, -0.2) is 14.6 Å². The fourth-order valence-electron chi connectivity index (χ4n) is 3.81. The number of nitrogens with zero attached hydrogens (tertiary/aromatic N) is 4. The Bertz CT molecular complexity index is 1100. The van der Waals surface area contributed by atoms with E-state index in [1.54, 1.807) is 11.8 Å². The van der Waals surface area contributed by atoms with Gasteiger partial charge in [0.1, 0.15) is 6.04 Å². The van der Waals surface area contributed by atoms with E-state index < -0.39 is 12.0 Å². The molecule has 9 heteroatoms. The number of fused-ring (bicyclic) bond motifs is 3. The fourth-order valence-corrected chi connectivity index (χ4v) is 4.16. The minimum Gasteiger partial charge on any atom is -0.467 e. The predicted octanol–water partition coefficient (Wildman–Crippen LogP) is 3.03. The Kier molecular flexibility index (Phi) is 5.80.